The molecule has 1 aromatic carbocycles. The minimum absolute atomic E-state index is 0.254. The summed E-state index contributed by atoms with van der Waals surface area (Å²) in [5, 5.41) is 30.9. The molecule has 0 bridgehead atoms. The molecule has 0 aliphatic carbocycles. The molecule has 0 spiro atoms. The third kappa shape index (κ3) is 6.24. The van der Waals surface area contributed by atoms with Gasteiger partial charge in [-0.15, -0.1) is 11.3 Å². The van der Waals surface area contributed by atoms with Gasteiger partial charge in [0, 0.05) is 24.2 Å². The monoisotopic (exact) mass is 430 g/mol. The molecular formula is C21H26N4O4S. The van der Waals surface area contributed by atoms with E-state index in [2.05, 4.69) is 5.32 Å². The lowest BCUT2D eigenvalue weighted by Crippen LogP contribution is -2.49. The van der Waals surface area contributed by atoms with Gasteiger partial charge in [-0.25, -0.2) is 0 Å². The third-order valence-corrected chi connectivity index (χ3v) is 5.46. The Morgan fingerprint density at radius 3 is 2.37 bits per heavy atom. The highest BCUT2D eigenvalue weighted by Gasteiger charge is 2.35. The summed E-state index contributed by atoms with van der Waals surface area (Å²) >= 11 is 1.50. The SMILES string of the molecule is Cc1csc(CNC(=O)C(O)C(O)C(=O)N2Cc3ccccc3C2)c1.N=C/C=C\N. The van der Waals surface area contributed by atoms with Crippen LogP contribution in [0.2, 0.25) is 0 Å². The summed E-state index contributed by atoms with van der Waals surface area (Å²) in [6.45, 7) is 2.95. The normalized spacial score (nSPS) is 14.4. The zero-order valence-corrected chi connectivity index (χ0v) is 17.4. The number of nitrogens with one attached hydrogen (secondary N) is 2. The minimum Gasteiger partial charge on any atom is -0.405 e. The second-order valence-corrected chi connectivity index (χ2v) is 7.71. The molecule has 0 saturated heterocycles. The van der Waals surface area contributed by atoms with Crippen LogP contribution in [0.3, 0.4) is 0 Å². The highest BCUT2D eigenvalue weighted by atomic mass is 32.1. The van der Waals surface area contributed by atoms with Gasteiger partial charge in [-0.2, -0.15) is 0 Å². The lowest BCUT2D eigenvalue weighted by molar-refractivity contribution is -0.153. The fourth-order valence-corrected chi connectivity index (χ4v) is 3.69. The Kier molecular flexibility index (Phi) is 8.72. The molecule has 0 radical (unpaired) electrons. The molecule has 160 valence electrons. The third-order valence-electron chi connectivity index (χ3n) is 4.40. The summed E-state index contributed by atoms with van der Waals surface area (Å²) in [6, 6.07) is 9.54. The Balaban J connectivity index is 0.000000575. The maximum absolute atomic E-state index is 12.4. The van der Waals surface area contributed by atoms with Gasteiger partial charge in [0.05, 0.1) is 6.54 Å². The van der Waals surface area contributed by atoms with Crippen molar-refractivity contribution in [3.05, 3.63) is 69.6 Å². The molecule has 0 saturated carbocycles. The number of allylic oxidation sites excluding steroid dienone is 1. The van der Waals surface area contributed by atoms with E-state index in [9.17, 15) is 19.8 Å². The summed E-state index contributed by atoms with van der Waals surface area (Å²) in [4.78, 5) is 26.8. The standard InChI is InChI=1S/C18H20N2O4S.C3H6N2/c1-11-6-14(25-10-11)7-19-17(23)15(21)16(22)18(24)20-8-12-4-2-3-5-13(12)9-20;4-2-1-3-5/h2-6,10,15-16,21-22H,7-9H2,1H3,(H,19,23);1-4H,5H2/b;3-1-,4-2?. The topological polar surface area (TPSA) is 140 Å². The van der Waals surface area contributed by atoms with Crippen molar-refractivity contribution in [1.82, 2.24) is 10.2 Å². The number of carbonyl (C=O) groups excluding carboxylic acids is 2. The van der Waals surface area contributed by atoms with Crippen LogP contribution in [0.25, 0.3) is 0 Å². The zero-order valence-electron chi connectivity index (χ0n) is 16.6. The van der Waals surface area contributed by atoms with E-state index in [4.69, 9.17) is 11.1 Å². The van der Waals surface area contributed by atoms with E-state index < -0.39 is 24.0 Å². The van der Waals surface area contributed by atoms with E-state index in [0.29, 0.717) is 13.1 Å². The number of aryl methyl sites for hydroxylation is 1. The lowest BCUT2D eigenvalue weighted by atomic mass is 10.1. The summed E-state index contributed by atoms with van der Waals surface area (Å²) in [5.41, 5.74) is 7.92. The van der Waals surface area contributed by atoms with Crippen LogP contribution >= 0.6 is 11.3 Å². The molecule has 3 rings (SSSR count). The van der Waals surface area contributed by atoms with Crippen molar-refractivity contribution in [3.8, 4) is 0 Å². The Bertz CT molecular complexity index is 887. The number of nitrogens with zero attached hydrogens (tertiary/aromatic N) is 1. The molecule has 8 nitrogen and oxygen atoms in total. The lowest BCUT2D eigenvalue weighted by Gasteiger charge is -2.22. The zero-order chi connectivity index (χ0) is 22.1. The van der Waals surface area contributed by atoms with Crippen molar-refractivity contribution in [2.45, 2.75) is 38.8 Å². The Morgan fingerprint density at radius 2 is 1.90 bits per heavy atom. The first-order chi connectivity index (χ1) is 14.4. The molecule has 1 aliphatic rings. The molecule has 2 aromatic rings. The molecule has 2 heterocycles. The van der Waals surface area contributed by atoms with E-state index >= 15 is 0 Å². The highest BCUT2D eigenvalue weighted by Crippen LogP contribution is 2.23. The second-order valence-electron chi connectivity index (χ2n) is 6.71. The molecule has 2 unspecified atom stereocenters. The van der Waals surface area contributed by atoms with Gasteiger partial charge in [0.1, 0.15) is 0 Å². The number of aliphatic hydroxyl groups is 2. The Hall–Kier alpha value is -3.01. The van der Waals surface area contributed by atoms with E-state index in [1.165, 1.54) is 28.5 Å². The molecule has 9 heteroatoms. The smallest absolute Gasteiger partial charge is 0.255 e. The summed E-state index contributed by atoms with van der Waals surface area (Å²) in [6.07, 6.45) is 0.309. The molecule has 2 amide bonds. The first-order valence-corrected chi connectivity index (χ1v) is 10.2. The van der Waals surface area contributed by atoms with Crippen LogP contribution in [-0.4, -0.2) is 45.3 Å². The number of thiophene rings is 1. The number of benzene rings is 1. The van der Waals surface area contributed by atoms with Crippen molar-refractivity contribution >= 4 is 29.4 Å². The van der Waals surface area contributed by atoms with Crippen LogP contribution in [0.4, 0.5) is 0 Å². The van der Waals surface area contributed by atoms with Gasteiger partial charge in [0.25, 0.3) is 11.8 Å². The predicted octanol–water partition coefficient (Wildman–Crippen LogP) is 1.05. The highest BCUT2D eigenvalue weighted by molar-refractivity contribution is 7.10. The molecule has 1 aliphatic heterocycles. The molecular weight excluding hydrogens is 404 g/mol. The number of hydrogen-bond acceptors (Lipinski definition) is 7. The predicted molar refractivity (Wildman–Crippen MR) is 116 cm³/mol. The van der Waals surface area contributed by atoms with Crippen molar-refractivity contribution in [2.24, 2.45) is 5.73 Å². The van der Waals surface area contributed by atoms with Gasteiger partial charge in [-0.3, -0.25) is 9.59 Å². The summed E-state index contributed by atoms with van der Waals surface area (Å²) < 4.78 is 0. The minimum atomic E-state index is -1.79. The number of nitrogens with two attached hydrogens (primary N) is 1. The molecule has 30 heavy (non-hydrogen) atoms. The fraction of sp³-hybridized carbons (Fsp3) is 0.286. The van der Waals surface area contributed by atoms with Crippen molar-refractivity contribution in [2.75, 3.05) is 0 Å². The van der Waals surface area contributed by atoms with E-state index in [1.54, 1.807) is 0 Å². The van der Waals surface area contributed by atoms with Crippen molar-refractivity contribution in [1.29, 1.82) is 5.41 Å². The molecule has 6 N–H and O–H groups in total. The van der Waals surface area contributed by atoms with Gasteiger partial charge >= 0.3 is 0 Å². The van der Waals surface area contributed by atoms with Crippen molar-refractivity contribution in [3.63, 3.8) is 0 Å². The van der Waals surface area contributed by atoms with Crippen LogP contribution in [0.15, 0.2) is 48.0 Å². The van der Waals surface area contributed by atoms with Crippen LogP contribution in [0, 0.1) is 12.3 Å². The van der Waals surface area contributed by atoms with Gasteiger partial charge in [0.15, 0.2) is 12.2 Å². The second kappa shape index (κ2) is 11.2. The number of carbonyl (C=O) groups is 2. The fourth-order valence-electron chi connectivity index (χ4n) is 2.87. The van der Waals surface area contributed by atoms with Gasteiger partial charge in [0.2, 0.25) is 0 Å². The van der Waals surface area contributed by atoms with E-state index in [-0.39, 0.29) is 6.54 Å². The Morgan fingerprint density at radius 1 is 1.27 bits per heavy atom. The van der Waals surface area contributed by atoms with Crippen LogP contribution in [-0.2, 0) is 29.2 Å². The number of hydrogen-bond donors (Lipinski definition) is 5. The number of fused-ring (bicyclic) bond motifs is 1. The van der Waals surface area contributed by atoms with Crippen LogP contribution < -0.4 is 11.1 Å². The first kappa shape index (κ1) is 23.3. The Labute approximate surface area is 179 Å². The van der Waals surface area contributed by atoms with Crippen LogP contribution in [0.5, 0.6) is 0 Å². The van der Waals surface area contributed by atoms with E-state index in [1.807, 2.05) is 42.6 Å². The van der Waals surface area contributed by atoms with Crippen molar-refractivity contribution < 1.29 is 19.8 Å². The number of aliphatic hydroxyl groups excluding tert-OH is 2. The molecule has 1 aromatic heterocycles. The summed E-state index contributed by atoms with van der Waals surface area (Å²) in [5.74, 6) is -1.41. The first-order valence-electron chi connectivity index (χ1n) is 9.28. The number of amides is 2. The maximum atomic E-state index is 12.4. The molecule has 2 atom stereocenters. The van der Waals surface area contributed by atoms with E-state index in [0.717, 1.165) is 27.8 Å². The average Bonchev–Trinajstić information content (AvgIpc) is 3.37. The summed E-state index contributed by atoms with van der Waals surface area (Å²) in [7, 11) is 0. The number of rotatable bonds is 6. The van der Waals surface area contributed by atoms with Gasteiger partial charge in [-0.1, -0.05) is 24.3 Å². The maximum Gasteiger partial charge on any atom is 0.255 e. The van der Waals surface area contributed by atoms with Gasteiger partial charge in [-0.05, 0) is 47.3 Å². The average molecular weight is 431 g/mol. The van der Waals surface area contributed by atoms with Crippen LogP contribution in [0.1, 0.15) is 21.6 Å². The van der Waals surface area contributed by atoms with Gasteiger partial charge < -0.3 is 31.6 Å². The largest absolute Gasteiger partial charge is 0.405 e. The quantitative estimate of drug-likeness (QED) is 0.436. The molecule has 0 fully saturated rings.